The first kappa shape index (κ1) is 24.2. The van der Waals surface area contributed by atoms with Crippen LogP contribution in [0.4, 0.5) is 19.0 Å². The Labute approximate surface area is 211 Å². The molecule has 1 amide bonds. The van der Waals surface area contributed by atoms with Crippen molar-refractivity contribution in [3.05, 3.63) is 36.0 Å². The number of likely N-dealkylation sites (tertiary alicyclic amines) is 1. The summed E-state index contributed by atoms with van der Waals surface area (Å²) in [5.74, 6) is 0.496. The maximum Gasteiger partial charge on any atom is 0.416 e. The van der Waals surface area contributed by atoms with Crippen LogP contribution in [-0.4, -0.2) is 79.5 Å². The zero-order chi connectivity index (χ0) is 26.4. The van der Waals surface area contributed by atoms with Gasteiger partial charge in [0.1, 0.15) is 5.82 Å². The number of hydrogen-bond donors (Lipinski definition) is 1. The number of fused-ring (bicyclic) bond motifs is 2. The van der Waals surface area contributed by atoms with Crippen LogP contribution in [0, 0.1) is 11.3 Å². The molecule has 6 atom stereocenters. The highest BCUT2D eigenvalue weighted by Gasteiger charge is 2.53. The maximum absolute atomic E-state index is 14.0. The van der Waals surface area contributed by atoms with Gasteiger partial charge in [0.25, 0.3) is 0 Å². The number of methoxy groups -OCH3 is 1. The molecule has 3 saturated heterocycles. The van der Waals surface area contributed by atoms with Gasteiger partial charge >= 0.3 is 6.18 Å². The number of carbonyl (C=O) groups is 1. The van der Waals surface area contributed by atoms with Crippen molar-refractivity contribution in [2.45, 2.75) is 69.6 Å². The lowest BCUT2D eigenvalue weighted by Crippen LogP contribution is -2.55. The Morgan fingerprint density at radius 1 is 1.36 bits per heavy atom. The van der Waals surface area contributed by atoms with Gasteiger partial charge < -0.3 is 24.6 Å². The fraction of sp³-hybridized carbons (Fsp3) is 0.692. The van der Waals surface area contributed by atoms with Crippen molar-refractivity contribution in [1.29, 1.82) is 0 Å². The van der Waals surface area contributed by atoms with E-state index in [9.17, 15) is 18.0 Å². The highest BCUT2D eigenvalue weighted by atomic mass is 19.4. The number of anilines is 1. The molecule has 0 aromatic carbocycles. The lowest BCUT2D eigenvalue weighted by Gasteiger charge is -2.41. The number of hydrogen-bond acceptors (Lipinski definition) is 6. The Hall–Kier alpha value is -2.17. The van der Waals surface area contributed by atoms with Crippen molar-refractivity contribution in [1.82, 2.24) is 15.2 Å². The zero-order valence-electron chi connectivity index (χ0n) is 21.7. The topological polar surface area (TPSA) is 66.9 Å². The molecular weight excluding hydrogens is 473 g/mol. The number of rotatable bonds is 6. The minimum Gasteiger partial charge on any atom is -0.379 e. The number of halogens is 3. The van der Waals surface area contributed by atoms with Crippen molar-refractivity contribution < 1.29 is 28.8 Å². The van der Waals surface area contributed by atoms with E-state index in [1.165, 1.54) is 6.20 Å². The summed E-state index contributed by atoms with van der Waals surface area (Å²) in [5, 5.41) is 3.63. The number of ether oxygens (including phenoxy) is 2. The molecule has 1 N–H and O–H groups in total. The Bertz CT molecular complexity index is 1020. The molecule has 5 rings (SSSR count). The molecule has 2 bridgehead atoms. The molecule has 1 aliphatic carbocycles. The summed E-state index contributed by atoms with van der Waals surface area (Å²) in [7, 11) is -0.119. The molecule has 10 heteroatoms. The van der Waals surface area contributed by atoms with Crippen molar-refractivity contribution in [3.8, 4) is 0 Å². The van der Waals surface area contributed by atoms with Gasteiger partial charge in [0, 0.05) is 45.1 Å². The minimum atomic E-state index is -4.42. The number of aromatic nitrogens is 1. The smallest absolute Gasteiger partial charge is 0.379 e. The number of carbonyl (C=O) groups excluding carboxylic acids is 1. The van der Waals surface area contributed by atoms with E-state index >= 15 is 0 Å². The third-order valence-electron chi connectivity index (χ3n) is 8.43. The van der Waals surface area contributed by atoms with Gasteiger partial charge in [0.15, 0.2) is 0 Å². The molecule has 36 heavy (non-hydrogen) atoms. The van der Waals surface area contributed by atoms with E-state index in [1.54, 1.807) is 0 Å². The number of nitrogens with one attached hydrogen (secondary N) is 1. The zero-order valence-corrected chi connectivity index (χ0v) is 20.7. The second-order valence-corrected chi connectivity index (χ2v) is 10.8. The Balaban J connectivity index is 1.26. The lowest BCUT2D eigenvalue weighted by molar-refractivity contribution is -0.143. The molecular formula is C26H35F3N4O3. The van der Waals surface area contributed by atoms with E-state index in [2.05, 4.69) is 36.3 Å². The van der Waals surface area contributed by atoms with Gasteiger partial charge in [-0.3, -0.25) is 4.79 Å². The van der Waals surface area contributed by atoms with Gasteiger partial charge in [0.2, 0.25) is 5.91 Å². The quantitative estimate of drug-likeness (QED) is 0.594. The summed E-state index contributed by atoms with van der Waals surface area (Å²) in [6.07, 6.45) is 2.89. The van der Waals surface area contributed by atoms with Crippen molar-refractivity contribution in [3.63, 3.8) is 0 Å². The fourth-order valence-corrected chi connectivity index (χ4v) is 6.29. The second-order valence-electron chi connectivity index (χ2n) is 10.8. The third-order valence-corrected chi connectivity index (χ3v) is 8.43. The molecule has 1 aromatic rings. The number of amides is 1. The fourth-order valence-electron chi connectivity index (χ4n) is 6.29. The molecule has 4 heterocycles. The van der Waals surface area contributed by atoms with Crippen LogP contribution >= 0.6 is 0 Å². The van der Waals surface area contributed by atoms with Crippen LogP contribution in [0.25, 0.3) is 0 Å². The van der Waals surface area contributed by atoms with Crippen molar-refractivity contribution >= 4 is 11.7 Å². The summed E-state index contributed by atoms with van der Waals surface area (Å²) in [6.45, 7) is 6.19. The average molecular weight is 510 g/mol. The first-order valence-electron chi connectivity index (χ1n) is 13.4. The standard InChI is InChI=1S/C26H35F3N4O3/c1-16(2)25(7-4-18(12-25)31-21-6-9-36-15-22(21)35-3)24(34)33-14-19-11-20(33)13-32(19)23-10-17(5-8-30-23)26(27,28)29/h4-5,7-8,10,16,18-22,31H,6,9,11-15H2,1-3H3/t18-,19+,20+,21+,22-,25+/m1/s1/i3D. The summed E-state index contributed by atoms with van der Waals surface area (Å²) in [6, 6.07) is 2.07. The summed E-state index contributed by atoms with van der Waals surface area (Å²) in [5.41, 5.74) is -1.35. The van der Waals surface area contributed by atoms with E-state index in [0.717, 1.165) is 25.0 Å². The Morgan fingerprint density at radius 2 is 2.19 bits per heavy atom. The van der Waals surface area contributed by atoms with Gasteiger partial charge in [-0.1, -0.05) is 26.0 Å². The Morgan fingerprint density at radius 3 is 2.89 bits per heavy atom. The second kappa shape index (κ2) is 9.61. The number of alkyl halides is 3. The lowest BCUT2D eigenvalue weighted by atomic mass is 9.74. The van der Waals surface area contributed by atoms with Crippen molar-refractivity contribution in [2.75, 3.05) is 38.3 Å². The van der Waals surface area contributed by atoms with Crippen LogP contribution in [0.3, 0.4) is 0 Å². The molecule has 198 valence electrons. The molecule has 0 unspecified atom stereocenters. The summed E-state index contributed by atoms with van der Waals surface area (Å²) < 4.78 is 58.1. The normalized spacial score (nSPS) is 34.6. The number of piperazine rings is 1. The Kier molecular flexibility index (Phi) is 6.46. The number of nitrogens with zero attached hydrogens (tertiary/aromatic N) is 3. The van der Waals surface area contributed by atoms with Crippen LogP contribution in [-0.2, 0) is 20.4 Å². The minimum absolute atomic E-state index is 0.0110. The molecule has 3 fully saturated rings. The largest absolute Gasteiger partial charge is 0.416 e. The van der Waals surface area contributed by atoms with Crippen LogP contribution in [0.5, 0.6) is 0 Å². The summed E-state index contributed by atoms with van der Waals surface area (Å²) >= 11 is 0. The van der Waals surface area contributed by atoms with Crippen LogP contribution in [0.1, 0.15) is 40.0 Å². The monoisotopic (exact) mass is 509 g/mol. The molecule has 7 nitrogen and oxygen atoms in total. The van der Waals surface area contributed by atoms with Crippen LogP contribution < -0.4 is 10.2 Å². The van der Waals surface area contributed by atoms with Crippen molar-refractivity contribution in [2.24, 2.45) is 11.3 Å². The highest BCUT2D eigenvalue weighted by Crippen LogP contribution is 2.45. The predicted molar refractivity (Wildman–Crippen MR) is 128 cm³/mol. The number of pyridine rings is 1. The van der Waals surface area contributed by atoms with Gasteiger partial charge in [-0.25, -0.2) is 4.98 Å². The molecule has 0 spiro atoms. The van der Waals surface area contributed by atoms with E-state index in [-0.39, 0.29) is 49.2 Å². The molecule has 1 aromatic heterocycles. The van der Waals surface area contributed by atoms with E-state index in [1.807, 2.05) is 9.80 Å². The molecule has 0 saturated carbocycles. The van der Waals surface area contributed by atoms with Crippen LogP contribution in [0.2, 0.25) is 0 Å². The van der Waals surface area contributed by atoms with Crippen LogP contribution in [0.15, 0.2) is 30.5 Å². The molecule has 3 aliphatic heterocycles. The van der Waals surface area contributed by atoms with Gasteiger partial charge in [0.05, 0.1) is 37.1 Å². The average Bonchev–Trinajstić information content (AvgIpc) is 3.60. The maximum atomic E-state index is 14.0. The van der Waals surface area contributed by atoms with E-state index in [0.29, 0.717) is 38.5 Å². The first-order valence-corrected chi connectivity index (χ1v) is 12.7. The van der Waals surface area contributed by atoms with E-state index in [4.69, 9.17) is 10.8 Å². The van der Waals surface area contributed by atoms with Gasteiger partial charge in [-0.05, 0) is 37.3 Å². The predicted octanol–water partition coefficient (Wildman–Crippen LogP) is 3.25. The van der Waals surface area contributed by atoms with Gasteiger partial charge in [-0.15, -0.1) is 0 Å². The molecule has 0 radical (unpaired) electrons. The van der Waals surface area contributed by atoms with Gasteiger partial charge in [-0.2, -0.15) is 13.2 Å². The third kappa shape index (κ3) is 4.52. The SMILES string of the molecule is [2H]CO[C@@H]1COCC[C@@H]1N[C@@H]1C=C[C@@](C(=O)N2C[C@@H]3C[C@H]2CN3c2cc(C(F)(F)F)ccn2)(C(C)C)C1. The van der Waals surface area contributed by atoms with E-state index < -0.39 is 17.2 Å². The first-order chi connectivity index (χ1) is 17.6. The highest BCUT2D eigenvalue weighted by molar-refractivity contribution is 5.87. The summed E-state index contributed by atoms with van der Waals surface area (Å²) in [4.78, 5) is 22.1. The molecule has 4 aliphatic rings.